The Balaban J connectivity index is 1.75. The van der Waals surface area contributed by atoms with Crippen LogP contribution in [-0.2, 0) is 11.2 Å². The fourth-order valence-corrected chi connectivity index (χ4v) is 2.42. The van der Waals surface area contributed by atoms with Gasteiger partial charge in [-0.1, -0.05) is 6.07 Å². The zero-order valence-electron chi connectivity index (χ0n) is 10.4. The maximum absolute atomic E-state index is 14.1. The standard InChI is InChI=1S/C14H18FNO2/c15-12-9-11(10-14(17)3-4-14)1-2-13(12)16-5-7-18-8-6-16/h1-2,9,17H,3-8,10H2. The molecular formula is C14H18FNO2. The topological polar surface area (TPSA) is 32.7 Å². The number of hydrogen-bond acceptors (Lipinski definition) is 3. The first-order valence-electron chi connectivity index (χ1n) is 6.50. The Morgan fingerprint density at radius 1 is 1.28 bits per heavy atom. The van der Waals surface area contributed by atoms with Crippen LogP contribution < -0.4 is 4.90 Å². The monoisotopic (exact) mass is 251 g/mol. The van der Waals surface area contributed by atoms with Crippen LogP contribution in [0, 0.1) is 5.82 Å². The van der Waals surface area contributed by atoms with Gasteiger partial charge in [0.25, 0.3) is 0 Å². The molecule has 2 aliphatic rings. The van der Waals surface area contributed by atoms with E-state index in [0.29, 0.717) is 25.3 Å². The van der Waals surface area contributed by atoms with E-state index >= 15 is 0 Å². The molecule has 3 nitrogen and oxygen atoms in total. The number of ether oxygens (including phenoxy) is 1. The predicted octanol–water partition coefficient (Wildman–Crippen LogP) is 1.73. The summed E-state index contributed by atoms with van der Waals surface area (Å²) >= 11 is 0. The highest BCUT2D eigenvalue weighted by Crippen LogP contribution is 2.38. The summed E-state index contributed by atoms with van der Waals surface area (Å²) in [5, 5.41) is 9.84. The van der Waals surface area contributed by atoms with Gasteiger partial charge in [0, 0.05) is 19.5 Å². The lowest BCUT2D eigenvalue weighted by Crippen LogP contribution is -2.36. The van der Waals surface area contributed by atoms with E-state index in [1.54, 1.807) is 6.07 Å². The van der Waals surface area contributed by atoms with Crippen LogP contribution in [0.5, 0.6) is 0 Å². The second-order valence-electron chi connectivity index (χ2n) is 5.29. The van der Waals surface area contributed by atoms with Crippen molar-refractivity contribution in [1.82, 2.24) is 0 Å². The first-order chi connectivity index (χ1) is 8.66. The Morgan fingerprint density at radius 3 is 2.61 bits per heavy atom. The van der Waals surface area contributed by atoms with Crippen molar-refractivity contribution in [1.29, 1.82) is 0 Å². The Morgan fingerprint density at radius 2 is 2.00 bits per heavy atom. The summed E-state index contributed by atoms with van der Waals surface area (Å²) in [6.07, 6.45) is 2.23. The molecule has 1 aliphatic carbocycles. The zero-order chi connectivity index (χ0) is 12.6. The number of benzene rings is 1. The van der Waals surface area contributed by atoms with Gasteiger partial charge in [-0.2, -0.15) is 0 Å². The molecule has 0 bridgehead atoms. The predicted molar refractivity (Wildman–Crippen MR) is 67.3 cm³/mol. The normalized spacial score (nSPS) is 22.0. The Bertz CT molecular complexity index is 439. The van der Waals surface area contributed by atoms with Crippen molar-refractivity contribution in [3.63, 3.8) is 0 Å². The summed E-state index contributed by atoms with van der Waals surface area (Å²) in [4.78, 5) is 2.01. The Kier molecular flexibility index (Phi) is 2.99. The zero-order valence-corrected chi connectivity index (χ0v) is 10.4. The summed E-state index contributed by atoms with van der Waals surface area (Å²) in [5.74, 6) is -0.196. The highest BCUT2D eigenvalue weighted by atomic mass is 19.1. The molecule has 4 heteroatoms. The van der Waals surface area contributed by atoms with E-state index in [1.165, 1.54) is 0 Å². The lowest BCUT2D eigenvalue weighted by molar-refractivity contribution is 0.122. The minimum atomic E-state index is -0.563. The fraction of sp³-hybridized carbons (Fsp3) is 0.571. The largest absolute Gasteiger partial charge is 0.390 e. The average Bonchev–Trinajstić information content (AvgIpc) is 3.08. The lowest BCUT2D eigenvalue weighted by atomic mass is 10.1. The number of nitrogens with zero attached hydrogens (tertiary/aromatic N) is 1. The number of morpholine rings is 1. The first kappa shape index (κ1) is 11.9. The van der Waals surface area contributed by atoms with Crippen molar-refractivity contribution in [2.24, 2.45) is 0 Å². The third kappa shape index (κ3) is 2.49. The Labute approximate surface area is 106 Å². The number of aliphatic hydroxyl groups is 1. The van der Waals surface area contributed by atoms with Crippen LogP contribution in [-0.4, -0.2) is 37.0 Å². The van der Waals surface area contributed by atoms with Crippen molar-refractivity contribution < 1.29 is 14.2 Å². The lowest BCUT2D eigenvalue weighted by Gasteiger charge is -2.29. The van der Waals surface area contributed by atoms with Crippen molar-refractivity contribution in [2.45, 2.75) is 24.9 Å². The minimum Gasteiger partial charge on any atom is -0.390 e. The van der Waals surface area contributed by atoms with Gasteiger partial charge in [-0.3, -0.25) is 0 Å². The smallest absolute Gasteiger partial charge is 0.146 e. The molecule has 0 radical (unpaired) electrons. The van der Waals surface area contributed by atoms with Crippen molar-refractivity contribution in [2.75, 3.05) is 31.2 Å². The molecule has 1 heterocycles. The molecule has 1 saturated heterocycles. The van der Waals surface area contributed by atoms with Gasteiger partial charge in [-0.25, -0.2) is 4.39 Å². The molecule has 1 N–H and O–H groups in total. The number of hydrogen-bond donors (Lipinski definition) is 1. The third-order valence-corrected chi connectivity index (χ3v) is 3.72. The fourth-order valence-electron chi connectivity index (χ4n) is 2.42. The van der Waals surface area contributed by atoms with E-state index in [0.717, 1.165) is 31.5 Å². The van der Waals surface area contributed by atoms with Crippen molar-refractivity contribution >= 4 is 5.69 Å². The van der Waals surface area contributed by atoms with Crippen LogP contribution in [0.15, 0.2) is 18.2 Å². The van der Waals surface area contributed by atoms with Gasteiger partial charge in [0.2, 0.25) is 0 Å². The molecule has 0 spiro atoms. The number of rotatable bonds is 3. The van der Waals surface area contributed by atoms with E-state index < -0.39 is 5.60 Å². The van der Waals surface area contributed by atoms with E-state index in [9.17, 15) is 9.50 Å². The molecule has 0 unspecified atom stereocenters. The van der Waals surface area contributed by atoms with E-state index in [-0.39, 0.29) is 5.82 Å². The highest BCUT2D eigenvalue weighted by Gasteiger charge is 2.40. The second-order valence-corrected chi connectivity index (χ2v) is 5.29. The quantitative estimate of drug-likeness (QED) is 0.888. The number of anilines is 1. The van der Waals surface area contributed by atoms with Gasteiger partial charge >= 0.3 is 0 Å². The van der Waals surface area contributed by atoms with Gasteiger partial charge in [0.1, 0.15) is 5.82 Å². The molecule has 1 saturated carbocycles. The van der Waals surface area contributed by atoms with Gasteiger partial charge in [0.15, 0.2) is 0 Å². The number of halogens is 1. The molecule has 0 aromatic heterocycles. The van der Waals surface area contributed by atoms with Crippen LogP contribution in [0.3, 0.4) is 0 Å². The molecule has 18 heavy (non-hydrogen) atoms. The summed E-state index contributed by atoms with van der Waals surface area (Å²) < 4.78 is 19.3. The van der Waals surface area contributed by atoms with Gasteiger partial charge < -0.3 is 14.7 Å². The maximum Gasteiger partial charge on any atom is 0.146 e. The molecule has 1 aliphatic heterocycles. The highest BCUT2D eigenvalue weighted by molar-refractivity contribution is 5.49. The maximum atomic E-state index is 14.1. The van der Waals surface area contributed by atoms with Crippen LogP contribution in [0.1, 0.15) is 18.4 Å². The molecular weight excluding hydrogens is 233 g/mol. The van der Waals surface area contributed by atoms with Gasteiger partial charge in [-0.15, -0.1) is 0 Å². The summed E-state index contributed by atoms with van der Waals surface area (Å²) in [5.41, 5.74) is 0.960. The average molecular weight is 251 g/mol. The third-order valence-electron chi connectivity index (χ3n) is 3.72. The second kappa shape index (κ2) is 4.52. The van der Waals surface area contributed by atoms with Gasteiger partial charge in [-0.05, 0) is 30.5 Å². The van der Waals surface area contributed by atoms with E-state index in [1.807, 2.05) is 17.0 Å². The molecule has 98 valence electrons. The Hall–Kier alpha value is -1.13. The summed E-state index contributed by atoms with van der Waals surface area (Å²) in [6, 6.07) is 5.30. The molecule has 0 atom stereocenters. The summed E-state index contributed by atoms with van der Waals surface area (Å²) in [7, 11) is 0. The van der Waals surface area contributed by atoms with Crippen molar-refractivity contribution in [3.8, 4) is 0 Å². The van der Waals surface area contributed by atoms with E-state index in [4.69, 9.17) is 4.74 Å². The van der Waals surface area contributed by atoms with Crippen LogP contribution in [0.4, 0.5) is 10.1 Å². The molecule has 1 aromatic carbocycles. The SMILES string of the molecule is OC1(Cc2ccc(N3CCOCC3)c(F)c2)CC1. The van der Waals surface area contributed by atoms with Crippen molar-refractivity contribution in [3.05, 3.63) is 29.6 Å². The molecule has 3 rings (SSSR count). The molecule has 1 aromatic rings. The van der Waals surface area contributed by atoms with Crippen LogP contribution in [0.2, 0.25) is 0 Å². The minimum absolute atomic E-state index is 0.196. The van der Waals surface area contributed by atoms with Gasteiger partial charge in [0.05, 0.1) is 24.5 Å². The first-order valence-corrected chi connectivity index (χ1v) is 6.50. The summed E-state index contributed by atoms with van der Waals surface area (Å²) in [6.45, 7) is 2.78. The van der Waals surface area contributed by atoms with E-state index in [2.05, 4.69) is 0 Å². The molecule has 2 fully saturated rings. The van der Waals surface area contributed by atoms with Crippen LogP contribution in [0.25, 0.3) is 0 Å². The van der Waals surface area contributed by atoms with Crippen LogP contribution >= 0.6 is 0 Å². The molecule has 0 amide bonds.